The molecule has 2 heterocycles. The van der Waals surface area contributed by atoms with E-state index < -0.39 is 16.1 Å². The van der Waals surface area contributed by atoms with Crippen LogP contribution in [0.25, 0.3) is 6.08 Å². The third kappa shape index (κ3) is 3.67. The molecule has 1 atom stereocenters. The van der Waals surface area contributed by atoms with Gasteiger partial charge in [0.2, 0.25) is 0 Å². The lowest BCUT2D eigenvalue weighted by Gasteiger charge is -2.23. The van der Waals surface area contributed by atoms with Gasteiger partial charge in [-0.15, -0.1) is 0 Å². The average Bonchev–Trinajstić information content (AvgIpc) is 3.14. The zero-order valence-corrected chi connectivity index (χ0v) is 14.7. The number of carbonyl (C=O) groups excluding carboxylic acids is 2. The minimum absolute atomic E-state index is 0.0475. The average molecular weight is 362 g/mol. The van der Waals surface area contributed by atoms with Crippen LogP contribution < -0.4 is 10.2 Å². The second kappa shape index (κ2) is 6.85. The number of nitro groups is 1. The van der Waals surface area contributed by atoms with Crippen LogP contribution in [-0.4, -0.2) is 54.2 Å². The van der Waals surface area contributed by atoms with Gasteiger partial charge in [-0.3, -0.25) is 25.0 Å². The van der Waals surface area contributed by atoms with Crippen LogP contribution in [0.3, 0.4) is 0 Å². The van der Waals surface area contributed by atoms with E-state index in [-0.39, 0.29) is 10.6 Å². The molecule has 0 bridgehead atoms. The predicted octanol–water partition coefficient (Wildman–Crippen LogP) is 2.06. The summed E-state index contributed by atoms with van der Waals surface area (Å²) in [5, 5.41) is 12.9. The first-order chi connectivity index (χ1) is 11.8. The van der Waals surface area contributed by atoms with Crippen molar-refractivity contribution < 1.29 is 14.5 Å². The highest BCUT2D eigenvalue weighted by Crippen LogP contribution is 2.33. The van der Waals surface area contributed by atoms with Gasteiger partial charge in [0, 0.05) is 42.5 Å². The van der Waals surface area contributed by atoms with Crippen molar-refractivity contribution in [2.24, 2.45) is 0 Å². The summed E-state index contributed by atoms with van der Waals surface area (Å²) in [6, 6.07) is 5.03. The molecule has 2 amide bonds. The van der Waals surface area contributed by atoms with E-state index in [1.807, 2.05) is 14.1 Å². The maximum atomic E-state index is 11.8. The van der Waals surface area contributed by atoms with Gasteiger partial charge in [0.15, 0.2) is 0 Å². The van der Waals surface area contributed by atoms with Crippen molar-refractivity contribution in [1.82, 2.24) is 10.2 Å². The molecular formula is C16H18N4O4S. The van der Waals surface area contributed by atoms with Gasteiger partial charge in [-0.25, -0.2) is 0 Å². The first kappa shape index (κ1) is 17.4. The number of non-ortho nitro benzene ring substituents is 1. The molecule has 2 fully saturated rings. The smallest absolute Gasteiger partial charge is 0.290 e. The molecule has 1 aromatic carbocycles. The molecule has 9 heteroatoms. The van der Waals surface area contributed by atoms with Crippen LogP contribution in [0, 0.1) is 10.1 Å². The van der Waals surface area contributed by atoms with Crippen molar-refractivity contribution in [3.63, 3.8) is 0 Å². The molecule has 2 aliphatic heterocycles. The third-order valence-corrected chi connectivity index (χ3v) is 5.20. The number of thioether (sulfide) groups is 1. The van der Waals surface area contributed by atoms with Gasteiger partial charge < -0.3 is 9.80 Å². The quantitative estimate of drug-likeness (QED) is 0.497. The lowest BCUT2D eigenvalue weighted by atomic mass is 10.1. The van der Waals surface area contributed by atoms with Crippen LogP contribution in [0.1, 0.15) is 12.0 Å². The molecule has 1 aromatic rings. The van der Waals surface area contributed by atoms with Gasteiger partial charge in [-0.1, -0.05) is 0 Å². The van der Waals surface area contributed by atoms with Crippen LogP contribution in [0.4, 0.5) is 16.2 Å². The van der Waals surface area contributed by atoms with E-state index in [0.29, 0.717) is 11.6 Å². The Morgan fingerprint density at radius 1 is 1.40 bits per heavy atom. The topological polar surface area (TPSA) is 95.8 Å². The monoisotopic (exact) mass is 362 g/mol. The van der Waals surface area contributed by atoms with Gasteiger partial charge in [-0.2, -0.15) is 0 Å². The molecule has 1 unspecified atom stereocenters. The number of rotatable bonds is 4. The number of anilines is 1. The molecule has 0 spiro atoms. The number of likely N-dealkylation sites (N-methyl/N-ethyl adjacent to an activating group) is 1. The summed E-state index contributed by atoms with van der Waals surface area (Å²) in [4.78, 5) is 38.4. The Morgan fingerprint density at radius 2 is 2.16 bits per heavy atom. The molecule has 132 valence electrons. The molecule has 8 nitrogen and oxygen atoms in total. The van der Waals surface area contributed by atoms with Crippen LogP contribution in [0.5, 0.6) is 0 Å². The Labute approximate surface area is 149 Å². The van der Waals surface area contributed by atoms with Crippen LogP contribution in [-0.2, 0) is 4.79 Å². The van der Waals surface area contributed by atoms with Crippen LogP contribution in [0.2, 0.25) is 0 Å². The predicted molar refractivity (Wildman–Crippen MR) is 96.5 cm³/mol. The highest BCUT2D eigenvalue weighted by Gasteiger charge is 2.28. The molecule has 1 N–H and O–H groups in total. The summed E-state index contributed by atoms with van der Waals surface area (Å²) < 4.78 is 0. The van der Waals surface area contributed by atoms with Crippen molar-refractivity contribution in [3.8, 4) is 0 Å². The summed E-state index contributed by atoms with van der Waals surface area (Å²) in [7, 11) is 4.05. The number of imide groups is 1. The first-order valence-electron chi connectivity index (χ1n) is 7.80. The Hall–Kier alpha value is -2.39. The van der Waals surface area contributed by atoms with E-state index in [9.17, 15) is 19.7 Å². The summed E-state index contributed by atoms with van der Waals surface area (Å²) in [5.74, 6) is -0.472. The molecule has 25 heavy (non-hydrogen) atoms. The largest absolute Gasteiger partial charge is 0.369 e. The molecular weight excluding hydrogens is 344 g/mol. The molecule has 2 aliphatic rings. The van der Waals surface area contributed by atoms with Crippen molar-refractivity contribution >= 4 is 40.4 Å². The Kier molecular flexibility index (Phi) is 4.78. The first-order valence-corrected chi connectivity index (χ1v) is 8.61. The van der Waals surface area contributed by atoms with Crippen LogP contribution >= 0.6 is 11.8 Å². The second-order valence-electron chi connectivity index (χ2n) is 6.20. The standard InChI is InChI=1S/C16H18N4O4S/c1-18(2)12-5-6-19(9-12)13-4-3-11(20(23)24)7-10(13)8-14-15(21)17-16(22)25-14/h3-4,7-8,12H,5-6,9H2,1-2H3,(H,17,21,22). The fourth-order valence-electron chi connectivity index (χ4n) is 3.00. The molecule has 2 saturated heterocycles. The van der Waals surface area contributed by atoms with Crippen molar-refractivity contribution in [3.05, 3.63) is 38.8 Å². The van der Waals surface area contributed by atoms with E-state index in [1.165, 1.54) is 12.1 Å². The molecule has 0 aliphatic carbocycles. The normalized spacial score (nSPS) is 22.1. The van der Waals surface area contributed by atoms with E-state index >= 15 is 0 Å². The number of nitrogens with zero attached hydrogens (tertiary/aromatic N) is 3. The lowest BCUT2D eigenvalue weighted by Crippen LogP contribution is -2.31. The van der Waals surface area contributed by atoms with E-state index in [0.717, 1.165) is 37.0 Å². The maximum Gasteiger partial charge on any atom is 0.290 e. The molecule has 0 aromatic heterocycles. The number of nitro benzene ring substituents is 1. The molecule has 3 rings (SSSR count). The second-order valence-corrected chi connectivity index (χ2v) is 7.22. The van der Waals surface area contributed by atoms with E-state index in [2.05, 4.69) is 15.1 Å². The fraction of sp³-hybridized carbons (Fsp3) is 0.375. The van der Waals surface area contributed by atoms with E-state index in [1.54, 1.807) is 12.1 Å². The van der Waals surface area contributed by atoms with Gasteiger partial charge >= 0.3 is 0 Å². The molecule has 0 saturated carbocycles. The number of hydrogen-bond acceptors (Lipinski definition) is 7. The highest BCUT2D eigenvalue weighted by atomic mass is 32.2. The minimum Gasteiger partial charge on any atom is -0.369 e. The highest BCUT2D eigenvalue weighted by molar-refractivity contribution is 8.18. The van der Waals surface area contributed by atoms with Crippen molar-refractivity contribution in [2.75, 3.05) is 32.1 Å². The minimum atomic E-state index is -0.472. The third-order valence-electron chi connectivity index (χ3n) is 4.38. The van der Waals surface area contributed by atoms with Gasteiger partial charge in [0.25, 0.3) is 16.8 Å². The summed E-state index contributed by atoms with van der Waals surface area (Å²) in [6.07, 6.45) is 2.55. The zero-order valence-electron chi connectivity index (χ0n) is 13.9. The Morgan fingerprint density at radius 3 is 2.72 bits per heavy atom. The van der Waals surface area contributed by atoms with Crippen LogP contribution in [0.15, 0.2) is 23.1 Å². The number of carbonyl (C=O) groups is 2. The lowest BCUT2D eigenvalue weighted by molar-refractivity contribution is -0.384. The number of amides is 2. The summed E-state index contributed by atoms with van der Waals surface area (Å²) in [6.45, 7) is 1.63. The van der Waals surface area contributed by atoms with Gasteiger partial charge in [-0.05, 0) is 44.4 Å². The molecule has 0 radical (unpaired) electrons. The van der Waals surface area contributed by atoms with Crippen molar-refractivity contribution in [1.29, 1.82) is 0 Å². The summed E-state index contributed by atoms with van der Waals surface area (Å²) in [5.41, 5.74) is 1.35. The van der Waals surface area contributed by atoms with Gasteiger partial charge in [0.1, 0.15) is 0 Å². The van der Waals surface area contributed by atoms with Gasteiger partial charge in [0.05, 0.1) is 9.83 Å². The summed E-state index contributed by atoms with van der Waals surface area (Å²) >= 11 is 0.804. The Balaban J connectivity index is 1.98. The maximum absolute atomic E-state index is 11.8. The van der Waals surface area contributed by atoms with Crippen molar-refractivity contribution in [2.45, 2.75) is 12.5 Å². The Bertz CT molecular complexity index is 777. The van der Waals surface area contributed by atoms with E-state index in [4.69, 9.17) is 0 Å². The SMILES string of the molecule is CN(C)C1CCN(c2ccc([N+](=O)[O-])cc2C=C2SC(=O)NC2=O)C1. The number of nitrogens with one attached hydrogen (secondary N) is 1. The zero-order chi connectivity index (χ0) is 18.1. The number of hydrogen-bond donors (Lipinski definition) is 1. The fourth-order valence-corrected chi connectivity index (χ4v) is 3.68. The number of benzene rings is 1.